The van der Waals surface area contributed by atoms with E-state index >= 15 is 0 Å². The molecule has 4 aromatic rings. The molecule has 0 unspecified atom stereocenters. The van der Waals surface area contributed by atoms with Crippen LogP contribution in [0.25, 0.3) is 11.4 Å². The van der Waals surface area contributed by atoms with Crippen molar-refractivity contribution in [1.29, 1.82) is 0 Å². The standard InChI is InChI=1S/C24H23ClN8/c25-18-16-17(6-7-21(18)33-14-12-26-13-15-33)30-24-29-11-8-22(32-24)31-20-5-3-10-28-23(20)19-4-1-2-9-27-19/h1-11,16,26H,12-15H2,(H2,29,30,31,32). The largest absolute Gasteiger partial charge is 0.368 e. The van der Waals surface area contributed by atoms with Crippen LogP contribution >= 0.6 is 11.6 Å². The average molecular weight is 459 g/mol. The van der Waals surface area contributed by atoms with E-state index in [2.05, 4.69) is 40.8 Å². The Hall–Kier alpha value is -3.75. The number of halogens is 1. The summed E-state index contributed by atoms with van der Waals surface area (Å²) < 4.78 is 0. The molecular weight excluding hydrogens is 436 g/mol. The Bertz CT molecular complexity index is 1230. The molecule has 0 atom stereocenters. The van der Waals surface area contributed by atoms with Crippen molar-refractivity contribution in [3.63, 3.8) is 0 Å². The molecule has 5 rings (SSSR count). The number of nitrogens with zero attached hydrogens (tertiary/aromatic N) is 5. The quantitative estimate of drug-likeness (QED) is 0.389. The summed E-state index contributed by atoms with van der Waals surface area (Å²) in [5.41, 5.74) is 4.21. The van der Waals surface area contributed by atoms with Gasteiger partial charge >= 0.3 is 0 Å². The molecule has 166 valence electrons. The second-order valence-corrected chi connectivity index (χ2v) is 7.94. The maximum atomic E-state index is 6.58. The van der Waals surface area contributed by atoms with Crippen LogP contribution < -0.4 is 20.9 Å². The summed E-state index contributed by atoms with van der Waals surface area (Å²) >= 11 is 6.58. The van der Waals surface area contributed by atoms with Gasteiger partial charge in [-0.1, -0.05) is 17.7 Å². The first kappa shape index (κ1) is 21.1. The van der Waals surface area contributed by atoms with E-state index in [-0.39, 0.29) is 0 Å². The lowest BCUT2D eigenvalue weighted by molar-refractivity contribution is 0.589. The Morgan fingerprint density at radius 1 is 0.848 bits per heavy atom. The van der Waals surface area contributed by atoms with Crippen LogP contribution in [0.15, 0.2) is 73.2 Å². The highest BCUT2D eigenvalue weighted by Gasteiger charge is 2.14. The summed E-state index contributed by atoms with van der Waals surface area (Å²) in [5.74, 6) is 1.11. The molecule has 1 aromatic carbocycles. The van der Waals surface area contributed by atoms with E-state index in [9.17, 15) is 0 Å². The normalized spacial score (nSPS) is 13.5. The van der Waals surface area contributed by atoms with Gasteiger partial charge in [-0.3, -0.25) is 9.97 Å². The van der Waals surface area contributed by atoms with E-state index < -0.39 is 0 Å². The zero-order valence-corrected chi connectivity index (χ0v) is 18.6. The molecule has 1 saturated heterocycles. The summed E-state index contributed by atoms with van der Waals surface area (Å²) in [6.07, 6.45) is 5.19. The molecule has 0 radical (unpaired) electrons. The lowest BCUT2D eigenvalue weighted by Gasteiger charge is -2.30. The van der Waals surface area contributed by atoms with E-state index in [4.69, 9.17) is 11.6 Å². The predicted molar refractivity (Wildman–Crippen MR) is 133 cm³/mol. The minimum absolute atomic E-state index is 0.467. The van der Waals surface area contributed by atoms with Gasteiger partial charge in [-0.05, 0) is 48.5 Å². The molecule has 8 nitrogen and oxygen atoms in total. The number of benzene rings is 1. The summed E-state index contributed by atoms with van der Waals surface area (Å²) in [7, 11) is 0. The highest BCUT2D eigenvalue weighted by atomic mass is 35.5. The first-order valence-corrected chi connectivity index (χ1v) is 11.1. The van der Waals surface area contributed by atoms with Crippen LogP contribution in [0.2, 0.25) is 5.02 Å². The molecule has 9 heteroatoms. The van der Waals surface area contributed by atoms with Gasteiger partial charge in [0.25, 0.3) is 0 Å². The number of piperazine rings is 1. The molecular formula is C24H23ClN8. The van der Waals surface area contributed by atoms with E-state index in [0.717, 1.165) is 54.6 Å². The Morgan fingerprint density at radius 2 is 1.73 bits per heavy atom. The number of hydrogen-bond donors (Lipinski definition) is 3. The molecule has 1 aliphatic heterocycles. The predicted octanol–water partition coefficient (Wildman–Crippen LogP) is 4.48. The Kier molecular flexibility index (Phi) is 6.27. The fraction of sp³-hybridized carbons (Fsp3) is 0.167. The van der Waals surface area contributed by atoms with Crippen LogP contribution in [0.3, 0.4) is 0 Å². The highest BCUT2D eigenvalue weighted by Crippen LogP contribution is 2.30. The third kappa shape index (κ3) is 5.02. The lowest BCUT2D eigenvalue weighted by Crippen LogP contribution is -2.43. The van der Waals surface area contributed by atoms with Crippen molar-refractivity contribution >= 4 is 40.4 Å². The second kappa shape index (κ2) is 9.81. The highest BCUT2D eigenvalue weighted by molar-refractivity contribution is 6.33. The number of rotatable bonds is 6. The van der Waals surface area contributed by atoms with Gasteiger partial charge in [0.05, 0.1) is 22.1 Å². The van der Waals surface area contributed by atoms with Gasteiger partial charge < -0.3 is 20.9 Å². The van der Waals surface area contributed by atoms with Crippen LogP contribution in [-0.4, -0.2) is 46.1 Å². The summed E-state index contributed by atoms with van der Waals surface area (Å²) in [6.45, 7) is 3.81. The van der Waals surface area contributed by atoms with Crippen molar-refractivity contribution in [3.8, 4) is 11.4 Å². The van der Waals surface area contributed by atoms with Crippen molar-refractivity contribution in [2.75, 3.05) is 41.7 Å². The third-order valence-corrected chi connectivity index (χ3v) is 5.60. The number of anilines is 5. The summed E-state index contributed by atoms with van der Waals surface area (Å²) in [6, 6.07) is 17.3. The first-order valence-electron chi connectivity index (χ1n) is 10.7. The summed E-state index contributed by atoms with van der Waals surface area (Å²) in [4.78, 5) is 20.1. The Labute approximate surface area is 197 Å². The van der Waals surface area contributed by atoms with Crippen LogP contribution in [0.4, 0.5) is 28.8 Å². The fourth-order valence-electron chi connectivity index (χ4n) is 3.72. The molecule has 0 bridgehead atoms. The molecule has 4 heterocycles. The molecule has 0 spiro atoms. The van der Waals surface area contributed by atoms with Crippen LogP contribution in [-0.2, 0) is 0 Å². The minimum Gasteiger partial charge on any atom is -0.368 e. The van der Waals surface area contributed by atoms with Crippen molar-refractivity contribution < 1.29 is 0 Å². The van der Waals surface area contributed by atoms with Gasteiger partial charge in [-0.15, -0.1) is 0 Å². The zero-order chi connectivity index (χ0) is 22.5. The van der Waals surface area contributed by atoms with Crippen molar-refractivity contribution in [3.05, 3.63) is 78.2 Å². The average Bonchev–Trinajstić information content (AvgIpc) is 2.86. The molecule has 0 amide bonds. The molecule has 0 aliphatic carbocycles. The van der Waals surface area contributed by atoms with E-state index in [1.807, 2.05) is 48.5 Å². The molecule has 0 saturated carbocycles. The first-order chi connectivity index (χ1) is 16.3. The number of aromatic nitrogens is 4. The van der Waals surface area contributed by atoms with Crippen molar-refractivity contribution in [1.82, 2.24) is 25.3 Å². The van der Waals surface area contributed by atoms with E-state index in [0.29, 0.717) is 16.8 Å². The zero-order valence-electron chi connectivity index (χ0n) is 17.9. The SMILES string of the molecule is Clc1cc(Nc2nccc(Nc3cccnc3-c3ccccn3)n2)ccc1N1CCNCC1. The maximum absolute atomic E-state index is 6.58. The van der Waals surface area contributed by atoms with Gasteiger partial charge in [0.15, 0.2) is 0 Å². The summed E-state index contributed by atoms with van der Waals surface area (Å²) in [5, 5.41) is 10.6. The van der Waals surface area contributed by atoms with Gasteiger partial charge in [0.1, 0.15) is 11.5 Å². The molecule has 3 aromatic heterocycles. The molecule has 1 aliphatic rings. The fourth-order valence-corrected chi connectivity index (χ4v) is 4.02. The van der Waals surface area contributed by atoms with Gasteiger partial charge in [-0.25, -0.2) is 4.98 Å². The lowest BCUT2D eigenvalue weighted by atomic mass is 10.2. The Morgan fingerprint density at radius 3 is 2.55 bits per heavy atom. The van der Waals surface area contributed by atoms with Crippen molar-refractivity contribution in [2.24, 2.45) is 0 Å². The van der Waals surface area contributed by atoms with Gasteiger partial charge in [0.2, 0.25) is 5.95 Å². The monoisotopic (exact) mass is 458 g/mol. The van der Waals surface area contributed by atoms with Gasteiger partial charge in [0, 0.05) is 50.5 Å². The van der Waals surface area contributed by atoms with Crippen LogP contribution in [0.1, 0.15) is 0 Å². The second-order valence-electron chi connectivity index (χ2n) is 7.53. The number of hydrogen-bond acceptors (Lipinski definition) is 8. The number of pyridine rings is 2. The third-order valence-electron chi connectivity index (χ3n) is 5.30. The smallest absolute Gasteiger partial charge is 0.229 e. The van der Waals surface area contributed by atoms with Crippen molar-refractivity contribution in [2.45, 2.75) is 0 Å². The Balaban J connectivity index is 1.33. The van der Waals surface area contributed by atoms with Gasteiger partial charge in [-0.2, -0.15) is 4.98 Å². The topological polar surface area (TPSA) is 90.9 Å². The van der Waals surface area contributed by atoms with E-state index in [1.165, 1.54) is 0 Å². The minimum atomic E-state index is 0.467. The molecule has 3 N–H and O–H groups in total. The molecule has 1 fully saturated rings. The number of nitrogens with one attached hydrogen (secondary N) is 3. The van der Waals surface area contributed by atoms with Crippen LogP contribution in [0, 0.1) is 0 Å². The maximum Gasteiger partial charge on any atom is 0.229 e. The van der Waals surface area contributed by atoms with Crippen LogP contribution in [0.5, 0.6) is 0 Å². The molecule has 33 heavy (non-hydrogen) atoms. The van der Waals surface area contributed by atoms with E-state index in [1.54, 1.807) is 24.7 Å².